The summed E-state index contributed by atoms with van der Waals surface area (Å²) in [6.07, 6.45) is 3.66. The number of benzene rings is 1. The van der Waals surface area contributed by atoms with Gasteiger partial charge in [-0.2, -0.15) is 0 Å². The van der Waals surface area contributed by atoms with Crippen LogP contribution < -0.4 is 10.6 Å². The van der Waals surface area contributed by atoms with Crippen LogP contribution in [0.25, 0.3) is 11.0 Å². The first-order chi connectivity index (χ1) is 9.84. The Morgan fingerprint density at radius 3 is 3.10 bits per heavy atom. The molecule has 0 amide bonds. The third-order valence-corrected chi connectivity index (χ3v) is 4.24. The van der Waals surface area contributed by atoms with Crippen molar-refractivity contribution in [3.05, 3.63) is 30.1 Å². The van der Waals surface area contributed by atoms with Gasteiger partial charge in [0, 0.05) is 20.0 Å². The normalized spacial score (nSPS) is 19.6. The Hall–Kier alpha value is -1.39. The van der Waals surface area contributed by atoms with Gasteiger partial charge in [-0.3, -0.25) is 0 Å². The van der Waals surface area contributed by atoms with Gasteiger partial charge in [-0.1, -0.05) is 12.1 Å². The van der Waals surface area contributed by atoms with Crippen LogP contribution in [0.5, 0.6) is 0 Å². The zero-order chi connectivity index (χ0) is 13.8. The molecular weight excluding hydrogens is 248 g/mol. The SMILES string of the molecule is Cn1c(CCNCC2CCCNC2)nc2ccccc21. The highest BCUT2D eigenvalue weighted by Crippen LogP contribution is 2.14. The Kier molecular flexibility index (Phi) is 4.33. The minimum atomic E-state index is 0.796. The van der Waals surface area contributed by atoms with Crippen molar-refractivity contribution in [3.63, 3.8) is 0 Å². The monoisotopic (exact) mass is 272 g/mol. The molecule has 0 radical (unpaired) electrons. The average molecular weight is 272 g/mol. The summed E-state index contributed by atoms with van der Waals surface area (Å²) < 4.78 is 2.21. The Balaban J connectivity index is 1.51. The highest BCUT2D eigenvalue weighted by Gasteiger charge is 2.12. The Morgan fingerprint density at radius 2 is 2.30 bits per heavy atom. The first kappa shape index (κ1) is 13.6. The van der Waals surface area contributed by atoms with Gasteiger partial charge < -0.3 is 15.2 Å². The summed E-state index contributed by atoms with van der Waals surface area (Å²) >= 11 is 0. The lowest BCUT2D eigenvalue weighted by Gasteiger charge is -2.22. The van der Waals surface area contributed by atoms with Crippen LogP contribution in [0.2, 0.25) is 0 Å². The van der Waals surface area contributed by atoms with E-state index in [1.54, 1.807) is 0 Å². The number of rotatable bonds is 5. The number of hydrogen-bond acceptors (Lipinski definition) is 3. The average Bonchev–Trinajstić information content (AvgIpc) is 2.82. The maximum Gasteiger partial charge on any atom is 0.110 e. The molecule has 1 aromatic heterocycles. The fourth-order valence-electron chi connectivity index (χ4n) is 3.02. The summed E-state index contributed by atoms with van der Waals surface area (Å²) in [6.45, 7) is 4.49. The Morgan fingerprint density at radius 1 is 1.40 bits per heavy atom. The molecular formula is C16H24N4. The van der Waals surface area contributed by atoms with Gasteiger partial charge in [-0.15, -0.1) is 0 Å². The minimum Gasteiger partial charge on any atom is -0.331 e. The van der Waals surface area contributed by atoms with Gasteiger partial charge in [-0.25, -0.2) is 4.98 Å². The number of para-hydroxylation sites is 2. The second kappa shape index (κ2) is 6.37. The fraction of sp³-hybridized carbons (Fsp3) is 0.562. The number of nitrogens with zero attached hydrogens (tertiary/aromatic N) is 2. The summed E-state index contributed by atoms with van der Waals surface area (Å²) in [6, 6.07) is 8.34. The number of hydrogen-bond donors (Lipinski definition) is 2. The number of imidazole rings is 1. The van der Waals surface area contributed by atoms with Crippen LogP contribution in [-0.2, 0) is 13.5 Å². The highest BCUT2D eigenvalue weighted by atomic mass is 15.1. The van der Waals surface area contributed by atoms with Gasteiger partial charge in [0.1, 0.15) is 5.82 Å². The van der Waals surface area contributed by atoms with Crippen LogP contribution in [0, 0.1) is 5.92 Å². The smallest absolute Gasteiger partial charge is 0.110 e. The number of piperidine rings is 1. The molecule has 1 fully saturated rings. The van der Waals surface area contributed by atoms with Crippen LogP contribution in [-0.4, -0.2) is 35.7 Å². The largest absolute Gasteiger partial charge is 0.331 e. The van der Waals surface area contributed by atoms with E-state index in [1.165, 1.54) is 37.3 Å². The molecule has 0 saturated carbocycles. The number of aryl methyl sites for hydroxylation is 1. The molecule has 1 unspecified atom stereocenters. The molecule has 1 saturated heterocycles. The van der Waals surface area contributed by atoms with Crippen molar-refractivity contribution in [3.8, 4) is 0 Å². The topological polar surface area (TPSA) is 41.9 Å². The number of nitrogens with one attached hydrogen (secondary N) is 2. The van der Waals surface area contributed by atoms with Gasteiger partial charge in [0.15, 0.2) is 0 Å². The third kappa shape index (κ3) is 3.02. The van der Waals surface area contributed by atoms with Gasteiger partial charge in [-0.05, 0) is 50.5 Å². The molecule has 2 N–H and O–H groups in total. The molecule has 3 rings (SSSR count). The molecule has 1 aliphatic rings. The second-order valence-electron chi connectivity index (χ2n) is 5.74. The van der Waals surface area contributed by atoms with Crippen molar-refractivity contribution >= 4 is 11.0 Å². The molecule has 0 bridgehead atoms. The molecule has 1 atom stereocenters. The summed E-state index contributed by atoms with van der Waals surface area (Å²) in [5, 5.41) is 7.05. The van der Waals surface area contributed by atoms with Crippen LogP contribution in [0.3, 0.4) is 0 Å². The summed E-state index contributed by atoms with van der Waals surface area (Å²) in [5.41, 5.74) is 2.32. The van der Waals surface area contributed by atoms with Gasteiger partial charge in [0.05, 0.1) is 11.0 Å². The Labute approximate surface area is 120 Å². The van der Waals surface area contributed by atoms with E-state index in [1.807, 2.05) is 6.07 Å². The van der Waals surface area contributed by atoms with E-state index in [0.29, 0.717) is 0 Å². The van der Waals surface area contributed by atoms with Crippen LogP contribution in [0.15, 0.2) is 24.3 Å². The van der Waals surface area contributed by atoms with Crippen molar-refractivity contribution in [1.82, 2.24) is 20.2 Å². The van der Waals surface area contributed by atoms with Crippen LogP contribution in [0.4, 0.5) is 0 Å². The van der Waals surface area contributed by atoms with Gasteiger partial charge in [0.2, 0.25) is 0 Å². The predicted molar refractivity (Wildman–Crippen MR) is 82.9 cm³/mol. The predicted octanol–water partition coefficient (Wildman–Crippen LogP) is 1.70. The molecule has 4 heteroatoms. The van der Waals surface area contributed by atoms with E-state index in [4.69, 9.17) is 4.98 Å². The molecule has 20 heavy (non-hydrogen) atoms. The van der Waals surface area contributed by atoms with Crippen molar-refractivity contribution in [1.29, 1.82) is 0 Å². The molecule has 0 aliphatic carbocycles. The van der Waals surface area contributed by atoms with Crippen molar-refractivity contribution in [2.45, 2.75) is 19.3 Å². The van der Waals surface area contributed by atoms with E-state index in [9.17, 15) is 0 Å². The van der Waals surface area contributed by atoms with Crippen molar-refractivity contribution in [2.24, 2.45) is 13.0 Å². The first-order valence-electron chi connectivity index (χ1n) is 7.66. The van der Waals surface area contributed by atoms with E-state index >= 15 is 0 Å². The quantitative estimate of drug-likeness (QED) is 0.814. The summed E-state index contributed by atoms with van der Waals surface area (Å²) in [4.78, 5) is 4.71. The lowest BCUT2D eigenvalue weighted by atomic mass is 10.00. The molecule has 1 aromatic carbocycles. The molecule has 0 spiro atoms. The molecule has 2 aromatic rings. The maximum absolute atomic E-state index is 4.71. The lowest BCUT2D eigenvalue weighted by Crippen LogP contribution is -2.36. The zero-order valence-electron chi connectivity index (χ0n) is 12.2. The van der Waals surface area contributed by atoms with Crippen molar-refractivity contribution < 1.29 is 0 Å². The molecule has 2 heterocycles. The Bertz CT molecular complexity index is 555. The number of fused-ring (bicyclic) bond motifs is 1. The summed E-state index contributed by atoms with van der Waals surface area (Å²) in [7, 11) is 2.11. The first-order valence-corrected chi connectivity index (χ1v) is 7.66. The maximum atomic E-state index is 4.71. The molecule has 4 nitrogen and oxygen atoms in total. The van der Waals surface area contributed by atoms with E-state index in [2.05, 4.69) is 40.4 Å². The van der Waals surface area contributed by atoms with Crippen molar-refractivity contribution in [2.75, 3.05) is 26.2 Å². The second-order valence-corrected chi connectivity index (χ2v) is 5.74. The van der Waals surface area contributed by atoms with Crippen LogP contribution in [0.1, 0.15) is 18.7 Å². The highest BCUT2D eigenvalue weighted by molar-refractivity contribution is 5.75. The fourth-order valence-corrected chi connectivity index (χ4v) is 3.02. The van der Waals surface area contributed by atoms with Gasteiger partial charge in [0.25, 0.3) is 0 Å². The molecule has 1 aliphatic heterocycles. The van der Waals surface area contributed by atoms with E-state index in [0.717, 1.165) is 30.9 Å². The molecule has 108 valence electrons. The van der Waals surface area contributed by atoms with E-state index in [-0.39, 0.29) is 0 Å². The summed E-state index contributed by atoms with van der Waals surface area (Å²) in [5.74, 6) is 1.96. The minimum absolute atomic E-state index is 0.796. The lowest BCUT2D eigenvalue weighted by molar-refractivity contribution is 0.361. The standard InChI is InChI=1S/C16H24N4/c1-20-15-7-3-2-6-14(15)19-16(20)8-10-18-12-13-5-4-9-17-11-13/h2-3,6-7,13,17-18H,4-5,8-12H2,1H3. The van der Waals surface area contributed by atoms with Gasteiger partial charge >= 0.3 is 0 Å². The zero-order valence-corrected chi connectivity index (χ0v) is 12.2. The van der Waals surface area contributed by atoms with Crippen LogP contribution >= 0.6 is 0 Å². The number of aromatic nitrogens is 2. The van der Waals surface area contributed by atoms with E-state index < -0.39 is 0 Å². The third-order valence-electron chi connectivity index (χ3n) is 4.24.